The van der Waals surface area contributed by atoms with Crippen molar-refractivity contribution in [2.45, 2.75) is 64.1 Å². The van der Waals surface area contributed by atoms with Gasteiger partial charge in [0.05, 0.1) is 11.7 Å². The number of hydrogen-bond donors (Lipinski definition) is 2. The summed E-state index contributed by atoms with van der Waals surface area (Å²) in [6, 6.07) is 0. The number of rotatable bonds is 0. The molecule has 4 aliphatic carbocycles. The maximum absolute atomic E-state index is 11.7. The first-order valence-corrected chi connectivity index (χ1v) is 8.66. The number of ketones is 1. The van der Waals surface area contributed by atoms with E-state index in [2.05, 4.69) is 13.8 Å². The molecule has 0 radical (unpaired) electrons. The highest BCUT2D eigenvalue weighted by Crippen LogP contribution is 2.66. The molecule has 3 saturated carbocycles. The van der Waals surface area contributed by atoms with Crippen LogP contribution in [-0.4, -0.2) is 27.7 Å². The second-order valence-electron chi connectivity index (χ2n) is 8.38. The van der Waals surface area contributed by atoms with Crippen molar-refractivity contribution in [2.24, 2.45) is 22.7 Å². The molecule has 0 heterocycles. The van der Waals surface area contributed by atoms with Crippen LogP contribution in [0, 0.1) is 22.7 Å². The van der Waals surface area contributed by atoms with Crippen molar-refractivity contribution >= 4 is 5.78 Å². The van der Waals surface area contributed by atoms with Gasteiger partial charge in [-0.25, -0.2) is 0 Å². The predicted molar refractivity (Wildman–Crippen MR) is 84.1 cm³/mol. The molecule has 0 aromatic carbocycles. The molecule has 0 aromatic heterocycles. The van der Waals surface area contributed by atoms with Crippen LogP contribution in [0.5, 0.6) is 0 Å². The zero-order chi connectivity index (χ0) is 15.8. The van der Waals surface area contributed by atoms with Gasteiger partial charge in [0.15, 0.2) is 5.78 Å². The maximum atomic E-state index is 11.7. The van der Waals surface area contributed by atoms with Gasteiger partial charge in [-0.15, -0.1) is 0 Å². The minimum Gasteiger partial charge on any atom is -0.393 e. The van der Waals surface area contributed by atoms with Crippen LogP contribution < -0.4 is 0 Å². The Bertz CT molecular complexity index is 591. The largest absolute Gasteiger partial charge is 0.393 e. The Labute approximate surface area is 132 Å². The van der Waals surface area contributed by atoms with E-state index < -0.39 is 11.0 Å². The van der Waals surface area contributed by atoms with Crippen LogP contribution in [0.25, 0.3) is 0 Å². The fraction of sp³-hybridized carbons (Fsp3) is 0.737. The van der Waals surface area contributed by atoms with Crippen LogP contribution in [0.4, 0.5) is 0 Å². The van der Waals surface area contributed by atoms with E-state index in [1.807, 2.05) is 6.08 Å². The molecular weight excluding hydrogens is 276 g/mol. The molecule has 2 N–H and O–H groups in total. The molecular formula is C19H26O3. The van der Waals surface area contributed by atoms with Crippen LogP contribution in [0.2, 0.25) is 0 Å². The van der Waals surface area contributed by atoms with Gasteiger partial charge in [0, 0.05) is 5.41 Å². The summed E-state index contributed by atoms with van der Waals surface area (Å²) in [7, 11) is 0. The Kier molecular flexibility index (Phi) is 2.88. The normalized spacial score (nSPS) is 53.5. The SMILES string of the molecule is C[C@]12C=CC(=O)C=C1CC[C@H]1[C@@H]3CCC(O)[C@@]3(C)CC[C@@]12O. The first kappa shape index (κ1) is 14.6. The van der Waals surface area contributed by atoms with Gasteiger partial charge in [0.2, 0.25) is 0 Å². The van der Waals surface area contributed by atoms with E-state index in [-0.39, 0.29) is 23.2 Å². The lowest BCUT2D eigenvalue weighted by molar-refractivity contribution is -0.180. The molecule has 3 heteroatoms. The highest BCUT2D eigenvalue weighted by molar-refractivity contribution is 6.01. The third kappa shape index (κ3) is 1.57. The number of aliphatic hydroxyl groups excluding tert-OH is 1. The molecule has 4 rings (SSSR count). The second kappa shape index (κ2) is 4.33. The minimum absolute atomic E-state index is 0.0390. The van der Waals surface area contributed by atoms with Gasteiger partial charge in [0.25, 0.3) is 0 Å². The maximum Gasteiger partial charge on any atom is 0.178 e. The van der Waals surface area contributed by atoms with Gasteiger partial charge in [0.1, 0.15) is 0 Å². The Morgan fingerprint density at radius 1 is 1.14 bits per heavy atom. The summed E-state index contributed by atoms with van der Waals surface area (Å²) in [5, 5.41) is 22.1. The summed E-state index contributed by atoms with van der Waals surface area (Å²) in [6.07, 6.45) is 10.4. The summed E-state index contributed by atoms with van der Waals surface area (Å²) < 4.78 is 0. The van der Waals surface area contributed by atoms with Crippen LogP contribution in [0.15, 0.2) is 23.8 Å². The number of hydrogen-bond acceptors (Lipinski definition) is 3. The van der Waals surface area contributed by atoms with Crippen molar-refractivity contribution in [3.05, 3.63) is 23.8 Å². The third-order valence-corrected chi connectivity index (χ3v) is 7.69. The monoisotopic (exact) mass is 302 g/mol. The number of fused-ring (bicyclic) bond motifs is 5. The van der Waals surface area contributed by atoms with Gasteiger partial charge < -0.3 is 10.2 Å². The van der Waals surface area contributed by atoms with Crippen molar-refractivity contribution in [2.75, 3.05) is 0 Å². The first-order valence-electron chi connectivity index (χ1n) is 8.66. The molecule has 0 amide bonds. The summed E-state index contributed by atoms with van der Waals surface area (Å²) in [6.45, 7) is 4.31. The number of carbonyl (C=O) groups is 1. The standard InChI is InChI=1S/C19H26O3/c1-17-9-10-19(22)15(14(17)5-6-16(17)21)4-3-12-11-13(20)7-8-18(12,19)2/h7-8,11,14-16,21-22H,3-6,9-10H2,1-2H3/t14-,15-,16?,17-,18-,19+/m0/s1. The van der Waals surface area contributed by atoms with Crippen molar-refractivity contribution in [1.29, 1.82) is 0 Å². The molecule has 0 saturated heterocycles. The molecule has 4 aliphatic rings. The quantitative estimate of drug-likeness (QED) is 0.723. The van der Waals surface area contributed by atoms with Gasteiger partial charge in [-0.1, -0.05) is 18.6 Å². The molecule has 0 bridgehead atoms. The Balaban J connectivity index is 1.78. The first-order chi connectivity index (χ1) is 10.3. The van der Waals surface area contributed by atoms with Gasteiger partial charge in [-0.05, 0) is 74.9 Å². The number of carbonyl (C=O) groups excluding carboxylic acids is 1. The Morgan fingerprint density at radius 3 is 2.68 bits per heavy atom. The number of allylic oxidation sites excluding steroid dienone is 2. The van der Waals surface area contributed by atoms with Gasteiger partial charge in [-0.2, -0.15) is 0 Å². The summed E-state index contributed by atoms with van der Waals surface area (Å²) in [5.74, 6) is 0.667. The predicted octanol–water partition coefficient (Wildman–Crippen LogP) is 2.77. The summed E-state index contributed by atoms with van der Waals surface area (Å²) >= 11 is 0. The molecule has 0 aromatic rings. The van der Waals surface area contributed by atoms with Crippen LogP contribution in [-0.2, 0) is 4.79 Å². The highest BCUT2D eigenvalue weighted by atomic mass is 16.3. The van der Waals surface area contributed by atoms with E-state index in [1.165, 1.54) is 0 Å². The zero-order valence-electron chi connectivity index (χ0n) is 13.5. The summed E-state index contributed by atoms with van der Waals surface area (Å²) in [5.41, 5.74) is -0.134. The van der Waals surface area contributed by atoms with Crippen LogP contribution >= 0.6 is 0 Å². The van der Waals surface area contributed by atoms with E-state index in [0.717, 1.165) is 37.7 Å². The Hall–Kier alpha value is -0.930. The fourth-order valence-electron chi connectivity index (χ4n) is 6.11. The molecule has 0 spiro atoms. The van der Waals surface area contributed by atoms with E-state index in [4.69, 9.17) is 0 Å². The average molecular weight is 302 g/mol. The lowest BCUT2D eigenvalue weighted by atomic mass is 9.46. The minimum atomic E-state index is -0.775. The van der Waals surface area contributed by atoms with Crippen molar-refractivity contribution in [3.63, 3.8) is 0 Å². The fourth-order valence-corrected chi connectivity index (χ4v) is 6.11. The molecule has 3 nitrogen and oxygen atoms in total. The lowest BCUT2D eigenvalue weighted by Crippen LogP contribution is -2.62. The summed E-state index contributed by atoms with van der Waals surface area (Å²) in [4.78, 5) is 11.7. The van der Waals surface area contributed by atoms with Gasteiger partial charge >= 0.3 is 0 Å². The molecule has 120 valence electrons. The van der Waals surface area contributed by atoms with Gasteiger partial charge in [-0.3, -0.25) is 4.79 Å². The van der Waals surface area contributed by atoms with E-state index >= 15 is 0 Å². The van der Waals surface area contributed by atoms with E-state index in [0.29, 0.717) is 12.3 Å². The smallest absolute Gasteiger partial charge is 0.178 e. The Morgan fingerprint density at radius 2 is 1.91 bits per heavy atom. The molecule has 22 heavy (non-hydrogen) atoms. The topological polar surface area (TPSA) is 57.5 Å². The molecule has 6 atom stereocenters. The molecule has 0 aliphatic heterocycles. The zero-order valence-corrected chi connectivity index (χ0v) is 13.5. The number of aliphatic hydroxyl groups is 2. The second-order valence-corrected chi connectivity index (χ2v) is 8.38. The molecule has 1 unspecified atom stereocenters. The van der Waals surface area contributed by atoms with E-state index in [1.54, 1.807) is 12.2 Å². The van der Waals surface area contributed by atoms with E-state index in [9.17, 15) is 15.0 Å². The molecule has 3 fully saturated rings. The third-order valence-electron chi connectivity index (χ3n) is 7.69. The van der Waals surface area contributed by atoms with Crippen LogP contribution in [0.1, 0.15) is 52.4 Å². The lowest BCUT2D eigenvalue weighted by Gasteiger charge is -2.61. The van der Waals surface area contributed by atoms with Crippen molar-refractivity contribution in [1.82, 2.24) is 0 Å². The van der Waals surface area contributed by atoms with Crippen molar-refractivity contribution in [3.8, 4) is 0 Å². The van der Waals surface area contributed by atoms with Crippen LogP contribution in [0.3, 0.4) is 0 Å². The van der Waals surface area contributed by atoms with Crippen molar-refractivity contribution < 1.29 is 15.0 Å². The highest BCUT2D eigenvalue weighted by Gasteiger charge is 2.65. The average Bonchev–Trinajstić information content (AvgIpc) is 2.77.